The van der Waals surface area contributed by atoms with E-state index in [1.54, 1.807) is 0 Å². The lowest BCUT2D eigenvalue weighted by Gasteiger charge is -1.95. The molecular formula is C12H10N2O3S. The van der Waals surface area contributed by atoms with Crippen molar-refractivity contribution in [2.75, 3.05) is 0 Å². The predicted molar refractivity (Wildman–Crippen MR) is 68.9 cm³/mol. The number of carboxylic acids is 1. The third-order valence-corrected chi connectivity index (χ3v) is 4.16. The minimum Gasteiger partial charge on any atom is -0.478 e. The van der Waals surface area contributed by atoms with Crippen molar-refractivity contribution in [3.8, 4) is 0 Å². The standard InChI is InChI=1S/C12H10N2O3S/c15-9(16)5-4-8-13-11(17)10-6-2-1-3-7(6)18-12(10)14-8/h4-5H,1-3H2,(H,15,16)(H,13,14,17)/b5-4+. The molecule has 6 heteroatoms. The number of rotatable bonds is 2. The zero-order valence-electron chi connectivity index (χ0n) is 9.40. The van der Waals surface area contributed by atoms with Crippen LogP contribution >= 0.6 is 11.3 Å². The second kappa shape index (κ2) is 4.06. The summed E-state index contributed by atoms with van der Waals surface area (Å²) in [4.78, 5) is 31.3. The number of hydrogen-bond acceptors (Lipinski definition) is 4. The number of aliphatic carboxylic acids is 1. The largest absolute Gasteiger partial charge is 0.478 e. The van der Waals surface area contributed by atoms with E-state index in [2.05, 4.69) is 9.97 Å². The molecule has 2 aromatic rings. The maximum absolute atomic E-state index is 12.0. The molecule has 2 aromatic heterocycles. The van der Waals surface area contributed by atoms with Gasteiger partial charge in [0.1, 0.15) is 10.7 Å². The molecule has 92 valence electrons. The summed E-state index contributed by atoms with van der Waals surface area (Å²) >= 11 is 1.54. The lowest BCUT2D eigenvalue weighted by molar-refractivity contribution is -0.131. The van der Waals surface area contributed by atoms with Gasteiger partial charge in [0.25, 0.3) is 5.56 Å². The van der Waals surface area contributed by atoms with E-state index in [9.17, 15) is 9.59 Å². The molecule has 1 aliphatic rings. The van der Waals surface area contributed by atoms with Gasteiger partial charge >= 0.3 is 5.97 Å². The first-order valence-corrected chi connectivity index (χ1v) is 6.42. The van der Waals surface area contributed by atoms with Crippen LogP contribution in [0, 0.1) is 0 Å². The molecule has 0 aliphatic heterocycles. The summed E-state index contributed by atoms with van der Waals surface area (Å²) in [7, 11) is 0. The molecule has 3 rings (SSSR count). The van der Waals surface area contributed by atoms with Crippen LogP contribution < -0.4 is 5.56 Å². The molecule has 2 heterocycles. The zero-order chi connectivity index (χ0) is 12.7. The highest BCUT2D eigenvalue weighted by atomic mass is 32.1. The summed E-state index contributed by atoms with van der Waals surface area (Å²) in [6.07, 6.45) is 5.30. The molecule has 0 aromatic carbocycles. The van der Waals surface area contributed by atoms with E-state index in [4.69, 9.17) is 5.11 Å². The van der Waals surface area contributed by atoms with E-state index in [1.165, 1.54) is 22.3 Å². The molecule has 0 amide bonds. The number of H-pyrrole nitrogens is 1. The van der Waals surface area contributed by atoms with Crippen molar-refractivity contribution in [3.63, 3.8) is 0 Å². The molecule has 5 nitrogen and oxygen atoms in total. The summed E-state index contributed by atoms with van der Waals surface area (Å²) in [6, 6.07) is 0. The second-order valence-corrected chi connectivity index (χ2v) is 5.24. The third kappa shape index (κ3) is 1.74. The van der Waals surface area contributed by atoms with Gasteiger partial charge in [0, 0.05) is 11.0 Å². The summed E-state index contributed by atoms with van der Waals surface area (Å²) < 4.78 is 0. The monoisotopic (exact) mass is 262 g/mol. The summed E-state index contributed by atoms with van der Waals surface area (Å²) in [5, 5.41) is 9.23. The quantitative estimate of drug-likeness (QED) is 0.805. The van der Waals surface area contributed by atoms with Gasteiger partial charge in [0.05, 0.1) is 5.39 Å². The van der Waals surface area contributed by atoms with Gasteiger partial charge in [0.15, 0.2) is 0 Å². The van der Waals surface area contributed by atoms with Crippen molar-refractivity contribution in [1.82, 2.24) is 9.97 Å². The van der Waals surface area contributed by atoms with Crippen molar-refractivity contribution in [2.45, 2.75) is 19.3 Å². The van der Waals surface area contributed by atoms with Crippen LogP contribution in [0.2, 0.25) is 0 Å². The Balaban J connectivity index is 2.17. The molecule has 0 saturated carbocycles. The van der Waals surface area contributed by atoms with E-state index >= 15 is 0 Å². The third-order valence-electron chi connectivity index (χ3n) is 2.98. The molecule has 0 unspecified atom stereocenters. The number of carboxylic acid groups (broad SMARTS) is 1. The first-order chi connectivity index (χ1) is 8.65. The molecule has 0 fully saturated rings. The Hall–Kier alpha value is -1.95. The minimum atomic E-state index is -1.06. The summed E-state index contributed by atoms with van der Waals surface area (Å²) in [6.45, 7) is 0. The number of aromatic amines is 1. The lowest BCUT2D eigenvalue weighted by Crippen LogP contribution is -2.09. The van der Waals surface area contributed by atoms with Gasteiger partial charge in [0.2, 0.25) is 0 Å². The molecule has 0 saturated heterocycles. The Kier molecular flexibility index (Phi) is 2.52. The Morgan fingerprint density at radius 2 is 2.28 bits per heavy atom. The predicted octanol–water partition coefficient (Wildman–Crippen LogP) is 1.57. The molecule has 0 bridgehead atoms. The molecule has 0 atom stereocenters. The van der Waals surface area contributed by atoms with Crippen LogP contribution in [0.25, 0.3) is 16.3 Å². The van der Waals surface area contributed by atoms with E-state index < -0.39 is 5.97 Å². The van der Waals surface area contributed by atoms with Crippen molar-refractivity contribution in [1.29, 1.82) is 0 Å². The maximum atomic E-state index is 12.0. The molecular weight excluding hydrogens is 252 g/mol. The van der Waals surface area contributed by atoms with Gasteiger partial charge in [-0.05, 0) is 30.9 Å². The second-order valence-electron chi connectivity index (χ2n) is 4.16. The molecule has 1 aliphatic carbocycles. The normalized spacial score (nSPS) is 14.4. The smallest absolute Gasteiger partial charge is 0.328 e. The molecule has 0 spiro atoms. The van der Waals surface area contributed by atoms with Crippen LogP contribution in [0.3, 0.4) is 0 Å². The Labute approximate surface area is 106 Å². The van der Waals surface area contributed by atoms with Gasteiger partial charge < -0.3 is 10.1 Å². The number of carbonyl (C=O) groups is 1. The van der Waals surface area contributed by atoms with Gasteiger partial charge in [-0.1, -0.05) is 0 Å². The van der Waals surface area contributed by atoms with Crippen molar-refractivity contribution in [3.05, 3.63) is 32.7 Å². The number of aryl methyl sites for hydroxylation is 2. The summed E-state index contributed by atoms with van der Waals surface area (Å²) in [5.41, 5.74) is 0.946. The number of nitrogens with zero attached hydrogens (tertiary/aromatic N) is 1. The fourth-order valence-electron chi connectivity index (χ4n) is 2.25. The first-order valence-electron chi connectivity index (χ1n) is 5.61. The van der Waals surface area contributed by atoms with E-state index in [0.717, 1.165) is 30.9 Å². The topological polar surface area (TPSA) is 83.0 Å². The van der Waals surface area contributed by atoms with Crippen LogP contribution in [-0.2, 0) is 17.6 Å². The van der Waals surface area contributed by atoms with Gasteiger partial charge in [-0.3, -0.25) is 4.79 Å². The van der Waals surface area contributed by atoms with Crippen LogP contribution in [0.4, 0.5) is 0 Å². The fraction of sp³-hybridized carbons (Fsp3) is 0.250. The highest BCUT2D eigenvalue weighted by molar-refractivity contribution is 7.18. The highest BCUT2D eigenvalue weighted by Gasteiger charge is 2.20. The Bertz CT molecular complexity index is 727. The number of aromatic nitrogens is 2. The van der Waals surface area contributed by atoms with Crippen molar-refractivity contribution in [2.24, 2.45) is 0 Å². The molecule has 2 N–H and O–H groups in total. The lowest BCUT2D eigenvalue weighted by atomic mass is 10.2. The van der Waals surface area contributed by atoms with Crippen LogP contribution in [0.1, 0.15) is 22.7 Å². The van der Waals surface area contributed by atoms with Gasteiger partial charge in [-0.2, -0.15) is 0 Å². The molecule has 18 heavy (non-hydrogen) atoms. The van der Waals surface area contributed by atoms with Gasteiger partial charge in [-0.25, -0.2) is 9.78 Å². The number of nitrogens with one attached hydrogen (secondary N) is 1. The number of thiophene rings is 1. The summed E-state index contributed by atoms with van der Waals surface area (Å²) in [5.74, 6) is -0.777. The van der Waals surface area contributed by atoms with E-state index in [1.807, 2.05) is 0 Å². The Morgan fingerprint density at radius 3 is 3.06 bits per heavy atom. The van der Waals surface area contributed by atoms with Crippen molar-refractivity contribution >= 4 is 33.6 Å². The van der Waals surface area contributed by atoms with Crippen LogP contribution in [0.5, 0.6) is 0 Å². The average Bonchev–Trinajstić information content (AvgIpc) is 2.85. The van der Waals surface area contributed by atoms with E-state index in [0.29, 0.717) is 10.2 Å². The highest BCUT2D eigenvalue weighted by Crippen LogP contribution is 2.34. The Morgan fingerprint density at radius 1 is 1.44 bits per heavy atom. The maximum Gasteiger partial charge on any atom is 0.328 e. The average molecular weight is 262 g/mol. The fourth-order valence-corrected chi connectivity index (χ4v) is 3.52. The zero-order valence-corrected chi connectivity index (χ0v) is 10.2. The molecule has 0 radical (unpaired) electrons. The number of fused-ring (bicyclic) bond motifs is 3. The van der Waals surface area contributed by atoms with Crippen molar-refractivity contribution < 1.29 is 9.90 Å². The van der Waals surface area contributed by atoms with Crippen LogP contribution in [0.15, 0.2) is 10.9 Å². The minimum absolute atomic E-state index is 0.176. The van der Waals surface area contributed by atoms with Crippen LogP contribution in [-0.4, -0.2) is 21.0 Å². The number of hydrogen-bond donors (Lipinski definition) is 2. The van der Waals surface area contributed by atoms with E-state index in [-0.39, 0.29) is 11.4 Å². The SMILES string of the molecule is O=C(O)/C=C/c1nc2sc3c(c2c(=O)[nH]1)CCC3. The first kappa shape index (κ1) is 11.2. The van der Waals surface area contributed by atoms with Gasteiger partial charge in [-0.15, -0.1) is 11.3 Å².